The van der Waals surface area contributed by atoms with Crippen molar-refractivity contribution in [3.63, 3.8) is 0 Å². The van der Waals surface area contributed by atoms with Gasteiger partial charge in [0.05, 0.1) is 6.10 Å². The minimum absolute atomic E-state index is 0.0467. The van der Waals surface area contributed by atoms with Crippen LogP contribution >= 0.6 is 0 Å². The summed E-state index contributed by atoms with van der Waals surface area (Å²) >= 11 is 0. The molecule has 0 aliphatic heterocycles. The van der Waals surface area contributed by atoms with Gasteiger partial charge in [0.15, 0.2) is 0 Å². The molecule has 1 nitrogen and oxygen atoms in total. The molecule has 9 atom stereocenters. The highest BCUT2D eigenvalue weighted by Crippen LogP contribution is 2.71. The number of fused-ring (bicyclic) bond motifs is 5. The number of hydrogen-bond donors (Lipinski definition) is 1. The number of allylic oxidation sites excluding steroid dienone is 2. The molecule has 0 aromatic rings. The molecule has 4 aliphatic carbocycles. The van der Waals surface area contributed by atoms with Crippen LogP contribution in [0.4, 0.5) is 0 Å². The Hall–Kier alpha value is -0.300. The van der Waals surface area contributed by atoms with Gasteiger partial charge in [-0.1, -0.05) is 73.0 Å². The lowest BCUT2D eigenvalue weighted by Crippen LogP contribution is -2.53. The summed E-state index contributed by atoms with van der Waals surface area (Å²) in [5.74, 6) is 4.91. The first-order valence-corrected chi connectivity index (χ1v) is 13.4. The maximum absolute atomic E-state index is 10.3. The number of aliphatic hydroxyl groups is 1. The van der Waals surface area contributed by atoms with E-state index >= 15 is 0 Å². The van der Waals surface area contributed by atoms with Gasteiger partial charge in [-0.25, -0.2) is 0 Å². The van der Waals surface area contributed by atoms with E-state index in [1.165, 1.54) is 51.4 Å². The zero-order chi connectivity index (χ0) is 21.9. The van der Waals surface area contributed by atoms with Crippen molar-refractivity contribution in [2.75, 3.05) is 0 Å². The second kappa shape index (κ2) is 7.93. The standard InChI is InChI=1S/C29H50O/c1-19(2)20(3)8-9-21(4)24-13-16-29(7)26-11-10-22-18-23(30)12-15-27(22,5)25(26)14-17-28(24,29)6/h14,19-24,26,30H,8-13,15-18H2,1-7H3/t20?,21?,22?,23-,24?,26?,27-,28+,29?/m0/s1. The third-order valence-corrected chi connectivity index (χ3v) is 11.8. The SMILES string of the molecule is CC(C)C(C)CCC(C)C1CCC2(C)C3CCC4C[C@@H](O)CC[C@]4(C)C3=CC[C@]12C. The van der Waals surface area contributed by atoms with E-state index in [1.54, 1.807) is 0 Å². The zero-order valence-electron chi connectivity index (χ0n) is 21.1. The quantitative estimate of drug-likeness (QED) is 0.451. The summed E-state index contributed by atoms with van der Waals surface area (Å²) in [6.45, 7) is 17.7. The van der Waals surface area contributed by atoms with E-state index in [1.807, 2.05) is 5.57 Å². The Bertz CT molecular complexity index is 663. The molecule has 4 aliphatic rings. The number of aliphatic hydroxyl groups excluding tert-OH is 1. The van der Waals surface area contributed by atoms with Crippen molar-refractivity contribution in [1.29, 1.82) is 0 Å². The monoisotopic (exact) mass is 414 g/mol. The minimum atomic E-state index is -0.0467. The minimum Gasteiger partial charge on any atom is -0.393 e. The van der Waals surface area contributed by atoms with E-state index in [-0.39, 0.29) is 6.10 Å². The Labute approximate surface area is 187 Å². The molecule has 172 valence electrons. The predicted molar refractivity (Wildman–Crippen MR) is 128 cm³/mol. The molecule has 0 aromatic carbocycles. The van der Waals surface area contributed by atoms with Crippen molar-refractivity contribution < 1.29 is 5.11 Å². The fraction of sp³-hybridized carbons (Fsp3) is 0.931. The first kappa shape index (κ1) is 22.9. The van der Waals surface area contributed by atoms with Crippen LogP contribution in [-0.4, -0.2) is 11.2 Å². The molecular formula is C29H50O. The van der Waals surface area contributed by atoms with Gasteiger partial charge in [-0.2, -0.15) is 0 Å². The molecule has 1 N–H and O–H groups in total. The van der Waals surface area contributed by atoms with E-state index in [0.29, 0.717) is 22.2 Å². The fourth-order valence-electron chi connectivity index (χ4n) is 8.89. The topological polar surface area (TPSA) is 20.2 Å². The van der Waals surface area contributed by atoms with Crippen LogP contribution in [0.2, 0.25) is 0 Å². The zero-order valence-corrected chi connectivity index (χ0v) is 21.1. The summed E-state index contributed by atoms with van der Waals surface area (Å²) in [6, 6.07) is 0. The number of hydrogen-bond acceptors (Lipinski definition) is 1. The molecule has 6 unspecified atom stereocenters. The molecule has 0 bridgehead atoms. The molecule has 1 heteroatoms. The molecular weight excluding hydrogens is 364 g/mol. The highest BCUT2D eigenvalue weighted by Gasteiger charge is 2.63. The first-order chi connectivity index (χ1) is 14.0. The van der Waals surface area contributed by atoms with Crippen molar-refractivity contribution in [2.45, 2.75) is 119 Å². The Morgan fingerprint density at radius 2 is 1.67 bits per heavy atom. The van der Waals surface area contributed by atoms with Gasteiger partial charge in [-0.05, 0) is 103 Å². The van der Waals surface area contributed by atoms with Crippen LogP contribution in [-0.2, 0) is 0 Å². The summed E-state index contributed by atoms with van der Waals surface area (Å²) < 4.78 is 0. The van der Waals surface area contributed by atoms with Crippen LogP contribution in [0.5, 0.6) is 0 Å². The predicted octanol–water partition coefficient (Wildman–Crippen LogP) is 8.02. The van der Waals surface area contributed by atoms with Crippen LogP contribution in [0.25, 0.3) is 0 Å². The molecule has 0 saturated heterocycles. The lowest BCUT2D eigenvalue weighted by Gasteiger charge is -2.61. The van der Waals surface area contributed by atoms with Gasteiger partial charge < -0.3 is 5.11 Å². The Balaban J connectivity index is 1.56. The van der Waals surface area contributed by atoms with Crippen molar-refractivity contribution in [1.82, 2.24) is 0 Å². The summed E-state index contributed by atoms with van der Waals surface area (Å²) in [7, 11) is 0. The van der Waals surface area contributed by atoms with Gasteiger partial charge in [-0.3, -0.25) is 0 Å². The average Bonchev–Trinajstić information content (AvgIpc) is 2.97. The molecule has 30 heavy (non-hydrogen) atoms. The first-order valence-electron chi connectivity index (χ1n) is 13.4. The van der Waals surface area contributed by atoms with E-state index in [2.05, 4.69) is 54.5 Å². The second-order valence-corrected chi connectivity index (χ2v) is 13.3. The maximum Gasteiger partial charge on any atom is 0.0543 e. The Kier molecular flexibility index (Phi) is 6.05. The summed E-state index contributed by atoms with van der Waals surface area (Å²) in [6.07, 6.45) is 15.7. The van der Waals surface area contributed by atoms with Crippen molar-refractivity contribution in [2.24, 2.45) is 51.8 Å². The van der Waals surface area contributed by atoms with Crippen LogP contribution in [0.1, 0.15) is 113 Å². The lowest BCUT2D eigenvalue weighted by atomic mass is 9.44. The number of rotatable bonds is 5. The molecule has 0 spiro atoms. The molecule has 4 rings (SSSR count). The fourth-order valence-corrected chi connectivity index (χ4v) is 8.89. The van der Waals surface area contributed by atoms with Crippen molar-refractivity contribution >= 4 is 0 Å². The highest BCUT2D eigenvalue weighted by atomic mass is 16.3. The van der Waals surface area contributed by atoms with Crippen molar-refractivity contribution in [3.05, 3.63) is 11.6 Å². The molecule has 0 aromatic heterocycles. The Morgan fingerprint density at radius 1 is 0.933 bits per heavy atom. The van der Waals surface area contributed by atoms with Gasteiger partial charge in [0.1, 0.15) is 0 Å². The van der Waals surface area contributed by atoms with Gasteiger partial charge >= 0.3 is 0 Å². The summed E-state index contributed by atoms with van der Waals surface area (Å²) in [5, 5.41) is 10.3. The Morgan fingerprint density at radius 3 is 2.37 bits per heavy atom. The third kappa shape index (κ3) is 3.36. The van der Waals surface area contributed by atoms with Crippen molar-refractivity contribution in [3.8, 4) is 0 Å². The summed E-state index contributed by atoms with van der Waals surface area (Å²) in [4.78, 5) is 0. The molecule has 3 saturated carbocycles. The van der Waals surface area contributed by atoms with Gasteiger partial charge in [-0.15, -0.1) is 0 Å². The van der Waals surface area contributed by atoms with Crippen LogP contribution < -0.4 is 0 Å². The van der Waals surface area contributed by atoms with Gasteiger partial charge in [0, 0.05) is 0 Å². The van der Waals surface area contributed by atoms with E-state index in [4.69, 9.17) is 0 Å². The normalized spacial score (nSPS) is 47.8. The average molecular weight is 415 g/mol. The van der Waals surface area contributed by atoms with Crippen LogP contribution in [0, 0.1) is 51.8 Å². The smallest absolute Gasteiger partial charge is 0.0543 e. The van der Waals surface area contributed by atoms with Crippen LogP contribution in [0.15, 0.2) is 11.6 Å². The van der Waals surface area contributed by atoms with E-state index < -0.39 is 0 Å². The molecule has 0 amide bonds. The second-order valence-electron chi connectivity index (χ2n) is 13.3. The molecule has 0 radical (unpaired) electrons. The maximum atomic E-state index is 10.3. The van der Waals surface area contributed by atoms with Gasteiger partial charge in [0.2, 0.25) is 0 Å². The molecule has 0 heterocycles. The lowest BCUT2D eigenvalue weighted by molar-refractivity contribution is -0.0562. The van der Waals surface area contributed by atoms with Gasteiger partial charge in [0.25, 0.3) is 0 Å². The van der Waals surface area contributed by atoms with Crippen LogP contribution in [0.3, 0.4) is 0 Å². The highest BCUT2D eigenvalue weighted by molar-refractivity contribution is 5.31. The van der Waals surface area contributed by atoms with E-state index in [9.17, 15) is 5.11 Å². The van der Waals surface area contributed by atoms with E-state index in [0.717, 1.165) is 42.4 Å². The third-order valence-electron chi connectivity index (χ3n) is 11.8. The summed E-state index contributed by atoms with van der Waals surface area (Å²) in [5.41, 5.74) is 3.14. The molecule has 3 fully saturated rings. The largest absolute Gasteiger partial charge is 0.393 e.